The van der Waals surface area contributed by atoms with Gasteiger partial charge in [0, 0.05) is 84.1 Å². The SMILES string of the molecule is CN1CCN([C@@H]2CCCN(c3cnc(C(N)=O)c(Nc4cc5n(n4)CCN(C[C@H]4CCN(c6ccc7c(c6)C(=O)N([C@@H]6CCC(=O)CC6=O)C7=O)C4)C5)c3)C2)C1=O. The maximum absolute atomic E-state index is 13.4. The summed E-state index contributed by atoms with van der Waals surface area (Å²) in [6, 6.07) is 8.54. The average Bonchev–Trinajstić information content (AvgIpc) is 3.97. The largest absolute Gasteiger partial charge is 0.371 e. The monoisotopic (exact) mass is 777 g/mol. The molecule has 0 unspecified atom stereocenters. The predicted molar refractivity (Wildman–Crippen MR) is 208 cm³/mol. The highest BCUT2D eigenvalue weighted by Gasteiger charge is 2.45. The average molecular weight is 778 g/mol. The number of aromatic nitrogens is 3. The summed E-state index contributed by atoms with van der Waals surface area (Å²) in [5, 5.41) is 8.14. The zero-order chi connectivity index (χ0) is 39.5. The van der Waals surface area contributed by atoms with Gasteiger partial charge in [-0.15, -0.1) is 0 Å². The number of Topliss-reactive ketones (excluding diaryl/α,β-unsaturated/α-hetero) is 2. The minimum Gasteiger partial charge on any atom is -0.371 e. The van der Waals surface area contributed by atoms with E-state index in [0.717, 1.165) is 87.0 Å². The second-order valence-corrected chi connectivity index (χ2v) is 16.2. The Balaban J connectivity index is 0.827. The van der Waals surface area contributed by atoms with Crippen molar-refractivity contribution in [2.75, 3.05) is 74.5 Å². The smallest absolute Gasteiger partial charge is 0.320 e. The molecular formula is C40H47N11O6. The number of anilines is 4. The summed E-state index contributed by atoms with van der Waals surface area (Å²) in [5.41, 5.74) is 9.77. The molecule has 0 radical (unpaired) electrons. The van der Waals surface area contributed by atoms with E-state index in [1.54, 1.807) is 23.2 Å². The van der Waals surface area contributed by atoms with E-state index in [4.69, 9.17) is 10.8 Å². The number of fused-ring (bicyclic) bond motifs is 2. The number of carbonyl (C=O) groups excluding carboxylic acids is 6. The van der Waals surface area contributed by atoms with Crippen molar-refractivity contribution < 1.29 is 28.8 Å². The Morgan fingerprint density at radius 2 is 1.70 bits per heavy atom. The number of primary amides is 1. The predicted octanol–water partition coefficient (Wildman–Crippen LogP) is 2.09. The van der Waals surface area contributed by atoms with E-state index >= 15 is 0 Å². The van der Waals surface area contributed by atoms with Crippen LogP contribution in [0.15, 0.2) is 36.5 Å². The van der Waals surface area contributed by atoms with E-state index in [1.807, 2.05) is 34.8 Å². The Kier molecular flexibility index (Phi) is 9.41. The van der Waals surface area contributed by atoms with Crippen LogP contribution in [0.5, 0.6) is 0 Å². The molecule has 57 heavy (non-hydrogen) atoms. The van der Waals surface area contributed by atoms with Crippen LogP contribution in [0.25, 0.3) is 0 Å². The van der Waals surface area contributed by atoms with Gasteiger partial charge >= 0.3 is 6.03 Å². The Labute approximate surface area is 329 Å². The number of likely N-dealkylation sites (N-methyl/N-ethyl adjacent to an activating group) is 1. The van der Waals surface area contributed by atoms with E-state index in [2.05, 4.69) is 25.0 Å². The van der Waals surface area contributed by atoms with E-state index < -0.39 is 23.8 Å². The zero-order valence-electron chi connectivity index (χ0n) is 32.1. The van der Waals surface area contributed by atoms with Crippen LogP contribution in [-0.4, -0.2) is 141 Å². The van der Waals surface area contributed by atoms with Crippen molar-refractivity contribution in [3.8, 4) is 0 Å². The first-order chi connectivity index (χ1) is 27.5. The summed E-state index contributed by atoms with van der Waals surface area (Å²) in [5.74, 6) is -1.09. The molecule has 3 atom stereocenters. The first-order valence-electron chi connectivity index (χ1n) is 19.9. The number of pyridine rings is 1. The molecule has 5 aliphatic heterocycles. The van der Waals surface area contributed by atoms with Crippen molar-refractivity contribution in [3.63, 3.8) is 0 Å². The van der Waals surface area contributed by atoms with Crippen LogP contribution in [0.3, 0.4) is 0 Å². The second kappa shape index (κ2) is 14.6. The third kappa shape index (κ3) is 6.87. The fourth-order valence-electron chi connectivity index (χ4n) is 9.49. The molecule has 2 aromatic heterocycles. The fraction of sp³-hybridized carbons (Fsp3) is 0.500. The lowest BCUT2D eigenvalue weighted by Crippen LogP contribution is -2.49. The molecule has 7 heterocycles. The van der Waals surface area contributed by atoms with Crippen LogP contribution in [0, 0.1) is 5.92 Å². The lowest BCUT2D eigenvalue weighted by molar-refractivity contribution is -0.132. The van der Waals surface area contributed by atoms with Gasteiger partial charge in [-0.25, -0.2) is 9.78 Å². The molecular weight excluding hydrogens is 731 g/mol. The number of nitrogens with two attached hydrogens (primary N) is 1. The summed E-state index contributed by atoms with van der Waals surface area (Å²) in [6.45, 7) is 7.72. The summed E-state index contributed by atoms with van der Waals surface area (Å²) in [4.78, 5) is 92.3. The molecule has 0 bridgehead atoms. The standard InChI is InChI=1S/C40H47N11O6/c1-45-11-13-49(40(45)57)26-3-2-9-47(23-26)27-16-32(36(37(41)54)42-19-27)43-35-17-28-22-46(12-14-50(28)44-35)20-24-8-10-48(21-24)25-4-6-30-31(15-25)39(56)51(38(30)55)33-7-5-29(52)18-34(33)53/h4,6,15-17,19,24,26,33H,2-3,5,7-14,18,20-23H2,1H3,(H2,41,54)(H,43,44)/t24-,26-,33-/m1/s1. The summed E-state index contributed by atoms with van der Waals surface area (Å²) < 4.78 is 1.99. The molecule has 9 rings (SSSR count). The highest BCUT2D eigenvalue weighted by atomic mass is 16.2. The van der Waals surface area contributed by atoms with Crippen LogP contribution < -0.4 is 20.9 Å². The number of imide groups is 1. The maximum Gasteiger partial charge on any atom is 0.320 e. The van der Waals surface area contributed by atoms with Crippen LogP contribution in [0.2, 0.25) is 0 Å². The lowest BCUT2D eigenvalue weighted by Gasteiger charge is -2.38. The van der Waals surface area contributed by atoms with Gasteiger partial charge in [-0.2, -0.15) is 5.10 Å². The van der Waals surface area contributed by atoms with Gasteiger partial charge in [0.1, 0.15) is 5.78 Å². The van der Waals surface area contributed by atoms with Crippen molar-refractivity contribution in [2.24, 2.45) is 11.7 Å². The van der Waals surface area contributed by atoms with Gasteiger partial charge in [-0.3, -0.25) is 38.5 Å². The van der Waals surface area contributed by atoms with E-state index in [1.165, 1.54) is 0 Å². The molecule has 3 saturated heterocycles. The van der Waals surface area contributed by atoms with E-state index in [0.29, 0.717) is 48.2 Å². The molecule has 6 aliphatic rings. The minimum atomic E-state index is -0.881. The van der Waals surface area contributed by atoms with Crippen molar-refractivity contribution in [3.05, 3.63) is 59.0 Å². The first kappa shape index (κ1) is 36.8. The number of piperidine rings is 1. The molecule has 1 saturated carbocycles. The van der Waals surface area contributed by atoms with Gasteiger partial charge in [0.2, 0.25) is 0 Å². The maximum atomic E-state index is 13.4. The number of benzene rings is 1. The quantitative estimate of drug-likeness (QED) is 0.238. The van der Waals surface area contributed by atoms with Crippen LogP contribution in [0.4, 0.5) is 27.7 Å². The number of urea groups is 1. The molecule has 0 spiro atoms. The minimum absolute atomic E-state index is 0.0664. The Bertz CT molecular complexity index is 2190. The number of hydrogen-bond donors (Lipinski definition) is 2. The highest BCUT2D eigenvalue weighted by Crippen LogP contribution is 2.34. The van der Waals surface area contributed by atoms with Crippen LogP contribution in [0.1, 0.15) is 75.4 Å². The number of amides is 5. The molecule has 1 aliphatic carbocycles. The molecule has 4 fully saturated rings. The zero-order valence-corrected chi connectivity index (χ0v) is 32.1. The summed E-state index contributed by atoms with van der Waals surface area (Å²) >= 11 is 0. The normalized spacial score (nSPS) is 24.2. The Morgan fingerprint density at radius 1 is 0.877 bits per heavy atom. The molecule has 17 nitrogen and oxygen atoms in total. The van der Waals surface area contributed by atoms with Gasteiger partial charge in [0.25, 0.3) is 17.7 Å². The Morgan fingerprint density at radius 3 is 2.49 bits per heavy atom. The van der Waals surface area contributed by atoms with Gasteiger partial charge in [0.05, 0.1) is 59.4 Å². The van der Waals surface area contributed by atoms with Gasteiger partial charge in [-0.1, -0.05) is 0 Å². The number of ketones is 2. The van der Waals surface area contributed by atoms with Crippen molar-refractivity contribution in [1.29, 1.82) is 0 Å². The van der Waals surface area contributed by atoms with Crippen LogP contribution >= 0.6 is 0 Å². The van der Waals surface area contributed by atoms with Gasteiger partial charge in [-0.05, 0) is 55.9 Å². The fourth-order valence-corrected chi connectivity index (χ4v) is 9.49. The van der Waals surface area contributed by atoms with Crippen LogP contribution in [-0.2, 0) is 22.7 Å². The number of nitrogens with one attached hydrogen (secondary N) is 1. The first-order valence-corrected chi connectivity index (χ1v) is 19.9. The van der Waals surface area contributed by atoms with Gasteiger partial charge in [0.15, 0.2) is 17.3 Å². The third-order valence-electron chi connectivity index (χ3n) is 12.5. The molecule has 3 N–H and O–H groups in total. The molecule has 17 heteroatoms. The molecule has 298 valence electrons. The van der Waals surface area contributed by atoms with Crippen molar-refractivity contribution >= 4 is 58.2 Å². The van der Waals surface area contributed by atoms with Crippen molar-refractivity contribution in [1.82, 2.24) is 34.4 Å². The molecule has 5 amide bonds. The number of nitrogens with zero attached hydrogens (tertiary/aromatic N) is 9. The topological polar surface area (TPSA) is 191 Å². The number of carbonyl (C=O) groups is 6. The molecule has 1 aromatic carbocycles. The van der Waals surface area contributed by atoms with Gasteiger partial charge < -0.3 is 30.7 Å². The summed E-state index contributed by atoms with van der Waals surface area (Å²) in [7, 11) is 1.83. The third-order valence-corrected chi connectivity index (χ3v) is 12.5. The second-order valence-electron chi connectivity index (χ2n) is 16.2. The lowest BCUT2D eigenvalue weighted by atomic mass is 9.92. The number of hydrogen-bond acceptors (Lipinski definition) is 12. The van der Waals surface area contributed by atoms with E-state index in [9.17, 15) is 28.8 Å². The number of rotatable bonds is 9. The Hall–Kier alpha value is -5.84. The summed E-state index contributed by atoms with van der Waals surface area (Å²) in [6.07, 6.45) is 4.68. The highest BCUT2D eigenvalue weighted by molar-refractivity contribution is 6.24. The van der Waals surface area contributed by atoms with Crippen molar-refractivity contribution in [2.45, 2.75) is 63.7 Å². The van der Waals surface area contributed by atoms with E-state index in [-0.39, 0.29) is 48.6 Å². The molecule has 3 aromatic rings.